The summed E-state index contributed by atoms with van der Waals surface area (Å²) in [6, 6.07) is 14.7. The fourth-order valence-electron chi connectivity index (χ4n) is 3.75. The van der Waals surface area contributed by atoms with Gasteiger partial charge in [-0.05, 0) is 36.8 Å². The molecule has 164 valence electrons. The maximum Gasteiger partial charge on any atom is 0.165 e. The van der Waals surface area contributed by atoms with Gasteiger partial charge in [-0.3, -0.25) is 10.00 Å². The van der Waals surface area contributed by atoms with Crippen molar-refractivity contribution >= 4 is 0 Å². The number of aromatic nitrogens is 2. The van der Waals surface area contributed by atoms with Crippen LogP contribution < -0.4 is 9.47 Å². The summed E-state index contributed by atoms with van der Waals surface area (Å²) in [5.74, 6) is 0.827. The average Bonchev–Trinajstić information content (AvgIpc) is 3.25. The van der Waals surface area contributed by atoms with Crippen molar-refractivity contribution in [3.8, 4) is 11.5 Å². The highest BCUT2D eigenvalue weighted by molar-refractivity contribution is 5.37. The number of aromatic amines is 1. The van der Waals surface area contributed by atoms with Crippen LogP contribution in [0.15, 0.2) is 48.5 Å². The van der Waals surface area contributed by atoms with E-state index in [2.05, 4.69) is 40.2 Å². The molecule has 6 nitrogen and oxygen atoms in total. The summed E-state index contributed by atoms with van der Waals surface area (Å²) in [6.45, 7) is 5.50. The number of para-hydroxylation sites is 1. The van der Waals surface area contributed by atoms with Crippen molar-refractivity contribution in [2.75, 3.05) is 33.4 Å². The maximum absolute atomic E-state index is 13.6. The fourth-order valence-corrected chi connectivity index (χ4v) is 3.75. The third-order valence-corrected chi connectivity index (χ3v) is 5.43. The molecule has 7 heteroatoms. The topological polar surface area (TPSA) is 59.6 Å². The van der Waals surface area contributed by atoms with Crippen molar-refractivity contribution < 1.29 is 18.6 Å². The number of nitrogens with one attached hydrogen (secondary N) is 1. The monoisotopic (exact) mass is 425 g/mol. The number of hydrogen-bond acceptors (Lipinski definition) is 5. The molecule has 0 unspecified atom stereocenters. The number of benzene rings is 2. The molecule has 1 aliphatic rings. The van der Waals surface area contributed by atoms with Crippen LogP contribution in [0.2, 0.25) is 0 Å². The van der Waals surface area contributed by atoms with E-state index in [-0.39, 0.29) is 17.7 Å². The predicted octanol–water partition coefficient (Wildman–Crippen LogP) is 4.06. The van der Waals surface area contributed by atoms with Crippen LogP contribution in [0, 0.1) is 12.7 Å². The molecule has 1 aromatic heterocycles. The summed E-state index contributed by atoms with van der Waals surface area (Å²) in [6.07, 6.45) is 0.515. The van der Waals surface area contributed by atoms with E-state index in [1.165, 1.54) is 17.2 Å². The fraction of sp³-hybridized carbons (Fsp3) is 0.375. The van der Waals surface area contributed by atoms with Gasteiger partial charge in [0.1, 0.15) is 11.9 Å². The quantitative estimate of drug-likeness (QED) is 0.590. The Morgan fingerprint density at radius 2 is 2.06 bits per heavy atom. The van der Waals surface area contributed by atoms with Gasteiger partial charge in [-0.2, -0.15) is 5.10 Å². The standard InChI is InChI=1S/C24H28FN3O3/c1-17-7-8-18(23(13-17)29-2)15-28-10-12-31-24(16-28)21-14-19(26-27-21)9-11-30-22-6-4-3-5-20(22)25/h3-8,13-14,24H,9-12,15-16H2,1-2H3,(H,26,27)/t24-/m0/s1. The van der Waals surface area contributed by atoms with E-state index in [0.717, 1.165) is 36.8 Å². The van der Waals surface area contributed by atoms with Gasteiger partial charge in [0.25, 0.3) is 0 Å². The van der Waals surface area contributed by atoms with E-state index in [0.29, 0.717) is 19.6 Å². The van der Waals surface area contributed by atoms with Crippen LogP contribution in [0.25, 0.3) is 0 Å². The molecule has 0 radical (unpaired) electrons. The summed E-state index contributed by atoms with van der Waals surface area (Å²) in [4.78, 5) is 2.36. The first-order chi connectivity index (χ1) is 15.1. The Labute approximate surface area is 181 Å². The van der Waals surface area contributed by atoms with Crippen molar-refractivity contribution in [3.05, 3.63) is 76.9 Å². The first-order valence-electron chi connectivity index (χ1n) is 10.5. The second-order valence-corrected chi connectivity index (χ2v) is 7.76. The van der Waals surface area contributed by atoms with Gasteiger partial charge in [0.05, 0.1) is 26.0 Å². The Hall–Kier alpha value is -2.90. The van der Waals surface area contributed by atoms with Crippen molar-refractivity contribution in [1.29, 1.82) is 0 Å². The van der Waals surface area contributed by atoms with Gasteiger partial charge in [0, 0.05) is 37.3 Å². The molecule has 2 heterocycles. The molecule has 0 aliphatic carbocycles. The molecule has 3 aromatic rings. The number of H-pyrrole nitrogens is 1. The van der Waals surface area contributed by atoms with Gasteiger partial charge in [-0.15, -0.1) is 0 Å². The Morgan fingerprint density at radius 3 is 2.90 bits per heavy atom. The zero-order chi connectivity index (χ0) is 21.6. The highest BCUT2D eigenvalue weighted by Crippen LogP contribution is 2.26. The summed E-state index contributed by atoms with van der Waals surface area (Å²) in [5.41, 5.74) is 4.17. The van der Waals surface area contributed by atoms with E-state index in [1.807, 2.05) is 6.07 Å². The first-order valence-corrected chi connectivity index (χ1v) is 10.5. The normalized spacial score (nSPS) is 16.9. The number of rotatable bonds is 8. The molecular formula is C24H28FN3O3. The predicted molar refractivity (Wildman–Crippen MR) is 116 cm³/mol. The zero-order valence-corrected chi connectivity index (χ0v) is 17.9. The van der Waals surface area contributed by atoms with Crippen LogP contribution >= 0.6 is 0 Å². The van der Waals surface area contributed by atoms with Crippen molar-refractivity contribution in [3.63, 3.8) is 0 Å². The number of aryl methyl sites for hydroxylation is 1. The van der Waals surface area contributed by atoms with Crippen LogP contribution in [0.3, 0.4) is 0 Å². The lowest BCUT2D eigenvalue weighted by Gasteiger charge is -2.32. The Kier molecular flexibility index (Phi) is 6.84. The zero-order valence-electron chi connectivity index (χ0n) is 17.9. The van der Waals surface area contributed by atoms with Gasteiger partial charge in [-0.25, -0.2) is 4.39 Å². The molecule has 1 saturated heterocycles. The second kappa shape index (κ2) is 9.94. The lowest BCUT2D eigenvalue weighted by Crippen LogP contribution is -2.38. The van der Waals surface area contributed by atoms with Gasteiger partial charge < -0.3 is 14.2 Å². The van der Waals surface area contributed by atoms with Gasteiger partial charge >= 0.3 is 0 Å². The Bertz CT molecular complexity index is 1010. The number of methoxy groups -OCH3 is 1. The summed E-state index contributed by atoms with van der Waals surface area (Å²) < 4.78 is 30.7. The lowest BCUT2D eigenvalue weighted by molar-refractivity contribution is -0.0351. The SMILES string of the molecule is COc1cc(C)ccc1CN1CCO[C@H](c2cc(CCOc3ccccc3F)[nH]n2)C1. The smallest absolute Gasteiger partial charge is 0.165 e. The molecule has 1 aliphatic heterocycles. The number of hydrogen-bond donors (Lipinski definition) is 1. The number of ether oxygens (including phenoxy) is 3. The number of morpholine rings is 1. The number of halogens is 1. The van der Waals surface area contributed by atoms with Crippen LogP contribution in [0.4, 0.5) is 4.39 Å². The lowest BCUT2D eigenvalue weighted by atomic mass is 10.1. The molecule has 0 saturated carbocycles. The second-order valence-electron chi connectivity index (χ2n) is 7.76. The van der Waals surface area contributed by atoms with E-state index < -0.39 is 0 Å². The summed E-state index contributed by atoms with van der Waals surface area (Å²) in [5, 5.41) is 7.49. The number of nitrogens with zero attached hydrogens (tertiary/aromatic N) is 2. The van der Waals surface area contributed by atoms with E-state index in [1.54, 1.807) is 25.3 Å². The third kappa shape index (κ3) is 5.42. The van der Waals surface area contributed by atoms with Gasteiger partial charge in [0.15, 0.2) is 11.6 Å². The Balaban J connectivity index is 1.33. The molecule has 0 bridgehead atoms. The first kappa shape index (κ1) is 21.3. The minimum Gasteiger partial charge on any atom is -0.496 e. The third-order valence-electron chi connectivity index (χ3n) is 5.43. The minimum atomic E-state index is -0.353. The average molecular weight is 426 g/mol. The van der Waals surface area contributed by atoms with Crippen LogP contribution in [0.1, 0.15) is 28.6 Å². The molecule has 0 amide bonds. The van der Waals surface area contributed by atoms with E-state index in [9.17, 15) is 4.39 Å². The van der Waals surface area contributed by atoms with Crippen LogP contribution in [-0.2, 0) is 17.7 Å². The van der Waals surface area contributed by atoms with Crippen molar-refractivity contribution in [1.82, 2.24) is 15.1 Å². The highest BCUT2D eigenvalue weighted by atomic mass is 19.1. The minimum absolute atomic E-state index is 0.0947. The van der Waals surface area contributed by atoms with Crippen LogP contribution in [0.5, 0.6) is 11.5 Å². The maximum atomic E-state index is 13.6. The highest BCUT2D eigenvalue weighted by Gasteiger charge is 2.25. The van der Waals surface area contributed by atoms with Crippen LogP contribution in [-0.4, -0.2) is 48.5 Å². The molecule has 31 heavy (non-hydrogen) atoms. The van der Waals surface area contributed by atoms with E-state index >= 15 is 0 Å². The van der Waals surface area contributed by atoms with E-state index in [4.69, 9.17) is 14.2 Å². The summed E-state index contributed by atoms with van der Waals surface area (Å²) in [7, 11) is 1.71. The van der Waals surface area contributed by atoms with Crippen molar-refractivity contribution in [2.24, 2.45) is 0 Å². The molecular weight excluding hydrogens is 397 g/mol. The van der Waals surface area contributed by atoms with Crippen molar-refractivity contribution in [2.45, 2.75) is 26.0 Å². The summed E-state index contributed by atoms with van der Waals surface area (Å²) >= 11 is 0. The van der Waals surface area contributed by atoms with Gasteiger partial charge in [0.2, 0.25) is 0 Å². The largest absolute Gasteiger partial charge is 0.496 e. The van der Waals surface area contributed by atoms with Gasteiger partial charge in [-0.1, -0.05) is 24.3 Å². The molecule has 1 fully saturated rings. The molecule has 1 N–H and O–H groups in total. The molecule has 0 spiro atoms. The molecule has 1 atom stereocenters. The molecule has 2 aromatic carbocycles. The Morgan fingerprint density at radius 1 is 1.19 bits per heavy atom. The molecule has 4 rings (SSSR count).